The lowest BCUT2D eigenvalue weighted by Crippen LogP contribution is -2.16. The summed E-state index contributed by atoms with van der Waals surface area (Å²) in [5, 5.41) is 0. The molecule has 0 unspecified atom stereocenters. The summed E-state index contributed by atoms with van der Waals surface area (Å²) in [5.74, 6) is 0. The lowest BCUT2D eigenvalue weighted by Gasteiger charge is -2.06. The van der Waals surface area contributed by atoms with Gasteiger partial charge in [-0.15, -0.1) is 0 Å². The number of hydrogen-bond donors (Lipinski definition) is 0. The van der Waals surface area contributed by atoms with Crippen LogP contribution in [0.5, 0.6) is 0 Å². The number of likely N-dealkylation sites (N-methyl/N-ethyl adjacent to an activating group) is 1. The van der Waals surface area contributed by atoms with Crippen LogP contribution in [-0.2, 0) is 9.47 Å². The van der Waals surface area contributed by atoms with Crippen LogP contribution < -0.4 is 0 Å². The van der Waals surface area contributed by atoms with Crippen molar-refractivity contribution >= 4 is 0 Å². The minimum atomic E-state index is 0.819. The van der Waals surface area contributed by atoms with Gasteiger partial charge >= 0.3 is 0 Å². The van der Waals surface area contributed by atoms with Gasteiger partial charge in [0.2, 0.25) is 0 Å². The molecule has 0 radical (unpaired) electrons. The van der Waals surface area contributed by atoms with Gasteiger partial charge in [-0.05, 0) is 21.0 Å². The first-order valence-corrected chi connectivity index (χ1v) is 4.81. The molecule has 0 fully saturated rings. The fourth-order valence-electron chi connectivity index (χ4n) is 0.274. The molecule has 0 aromatic heterocycles. The van der Waals surface area contributed by atoms with Gasteiger partial charge in [-0.25, -0.2) is 0 Å². The molecule has 0 heterocycles. The summed E-state index contributed by atoms with van der Waals surface area (Å²) in [6.45, 7) is 8.61. The molecule has 0 aromatic carbocycles. The Morgan fingerprint density at radius 3 is 1.46 bits per heavy atom. The third-order valence-corrected chi connectivity index (χ3v) is 1.03. The summed E-state index contributed by atoms with van der Waals surface area (Å²) in [6.07, 6.45) is 0. The number of ether oxygens (including phenoxy) is 2. The van der Waals surface area contributed by atoms with Gasteiger partial charge in [-0.3, -0.25) is 0 Å². The maximum atomic E-state index is 4.81. The van der Waals surface area contributed by atoms with Gasteiger partial charge in [0.25, 0.3) is 0 Å². The monoisotopic (exact) mass is 193 g/mol. The molecule has 0 aliphatic rings. The van der Waals surface area contributed by atoms with Crippen molar-refractivity contribution in [3.8, 4) is 0 Å². The highest BCUT2D eigenvalue weighted by atomic mass is 16.5. The standard InChI is InChI=1S/C5H13NO.C3H8O.C2H6/c1-6(2)4-5-7-3;1-3-4-2;1-2/h4-5H2,1-3H3;3H2,1-2H3;1-2H3. The topological polar surface area (TPSA) is 21.7 Å². The van der Waals surface area contributed by atoms with Gasteiger partial charge < -0.3 is 14.4 Å². The Bertz CT molecular complexity index is 56.9. The molecule has 0 saturated carbocycles. The predicted octanol–water partition coefficient (Wildman–Crippen LogP) is 1.87. The number of nitrogens with zero attached hydrogens (tertiary/aromatic N) is 1. The highest BCUT2D eigenvalue weighted by Gasteiger charge is 1.83. The van der Waals surface area contributed by atoms with E-state index in [4.69, 9.17) is 4.74 Å². The fraction of sp³-hybridized carbons (Fsp3) is 1.00. The summed E-state index contributed by atoms with van der Waals surface area (Å²) in [7, 11) is 7.45. The van der Waals surface area contributed by atoms with Crippen molar-refractivity contribution < 1.29 is 9.47 Å². The highest BCUT2D eigenvalue weighted by Crippen LogP contribution is 1.71. The Morgan fingerprint density at radius 1 is 1.00 bits per heavy atom. The van der Waals surface area contributed by atoms with Crippen LogP contribution in [0.4, 0.5) is 0 Å². The molecule has 0 atom stereocenters. The van der Waals surface area contributed by atoms with Gasteiger partial charge in [-0.1, -0.05) is 13.8 Å². The van der Waals surface area contributed by atoms with Crippen LogP contribution in [0.3, 0.4) is 0 Å². The van der Waals surface area contributed by atoms with E-state index < -0.39 is 0 Å². The van der Waals surface area contributed by atoms with Gasteiger partial charge in [-0.2, -0.15) is 0 Å². The van der Waals surface area contributed by atoms with Crippen molar-refractivity contribution in [2.45, 2.75) is 20.8 Å². The van der Waals surface area contributed by atoms with Crippen molar-refractivity contribution in [3.63, 3.8) is 0 Å². The summed E-state index contributed by atoms with van der Waals surface area (Å²) < 4.78 is 9.35. The van der Waals surface area contributed by atoms with Gasteiger partial charge in [0.15, 0.2) is 0 Å². The Kier molecular flexibility index (Phi) is 32.4. The third-order valence-electron chi connectivity index (χ3n) is 1.03. The van der Waals surface area contributed by atoms with Crippen LogP contribution >= 0.6 is 0 Å². The van der Waals surface area contributed by atoms with Gasteiger partial charge in [0.1, 0.15) is 0 Å². The van der Waals surface area contributed by atoms with Crippen molar-refractivity contribution in [3.05, 3.63) is 0 Å². The summed E-state index contributed by atoms with van der Waals surface area (Å²) in [4.78, 5) is 2.09. The van der Waals surface area contributed by atoms with Crippen LogP contribution in [0.2, 0.25) is 0 Å². The predicted molar refractivity (Wildman–Crippen MR) is 59.3 cm³/mol. The van der Waals surface area contributed by atoms with E-state index in [0.29, 0.717) is 0 Å². The van der Waals surface area contributed by atoms with E-state index >= 15 is 0 Å². The molecule has 0 spiro atoms. The lowest BCUT2D eigenvalue weighted by atomic mass is 10.6. The first-order chi connectivity index (χ1) is 6.18. The van der Waals surface area contributed by atoms with E-state index in [9.17, 15) is 0 Å². The molecule has 0 amide bonds. The molecule has 0 aromatic rings. The zero-order valence-corrected chi connectivity index (χ0v) is 10.4. The quantitative estimate of drug-likeness (QED) is 0.680. The maximum absolute atomic E-state index is 4.81. The zero-order valence-electron chi connectivity index (χ0n) is 10.4. The molecular weight excluding hydrogens is 166 g/mol. The van der Waals surface area contributed by atoms with Crippen LogP contribution in [0.15, 0.2) is 0 Å². The van der Waals surface area contributed by atoms with Gasteiger partial charge in [0.05, 0.1) is 6.61 Å². The molecule has 0 bridgehead atoms. The molecule has 0 saturated heterocycles. The SMILES string of the molecule is CC.CCOC.COCCN(C)C. The third kappa shape index (κ3) is 48.7. The second-order valence-electron chi connectivity index (χ2n) is 2.37. The molecule has 84 valence electrons. The average molecular weight is 193 g/mol. The summed E-state index contributed by atoms with van der Waals surface area (Å²) in [6, 6.07) is 0. The smallest absolute Gasteiger partial charge is 0.0589 e. The Morgan fingerprint density at radius 2 is 1.38 bits per heavy atom. The van der Waals surface area contributed by atoms with Crippen LogP contribution in [0.1, 0.15) is 20.8 Å². The average Bonchev–Trinajstić information content (AvgIpc) is 2.18. The van der Waals surface area contributed by atoms with Crippen LogP contribution in [-0.4, -0.2) is 53.0 Å². The molecule has 0 N–H and O–H groups in total. The maximum Gasteiger partial charge on any atom is 0.0589 e. The van der Waals surface area contributed by atoms with Crippen LogP contribution in [0, 0.1) is 0 Å². The molecule has 0 rings (SSSR count). The van der Waals surface area contributed by atoms with Crippen molar-refractivity contribution in [1.29, 1.82) is 0 Å². The second kappa shape index (κ2) is 22.6. The first kappa shape index (κ1) is 18.6. The largest absolute Gasteiger partial charge is 0.385 e. The number of methoxy groups -OCH3 is 2. The molecule has 0 aliphatic heterocycles. The lowest BCUT2D eigenvalue weighted by molar-refractivity contribution is 0.172. The zero-order chi connectivity index (χ0) is 11.1. The van der Waals surface area contributed by atoms with E-state index in [-0.39, 0.29) is 0 Å². The normalized spacial score (nSPS) is 8.31. The van der Waals surface area contributed by atoms with Gasteiger partial charge in [0, 0.05) is 27.4 Å². The summed E-state index contributed by atoms with van der Waals surface area (Å²) >= 11 is 0. The minimum absolute atomic E-state index is 0.819. The minimum Gasteiger partial charge on any atom is -0.385 e. The first-order valence-electron chi connectivity index (χ1n) is 4.81. The Labute approximate surface area is 84.0 Å². The Hall–Kier alpha value is -0.120. The van der Waals surface area contributed by atoms with E-state index in [1.165, 1.54) is 0 Å². The number of hydrogen-bond acceptors (Lipinski definition) is 3. The fourth-order valence-corrected chi connectivity index (χ4v) is 0.274. The Balaban J connectivity index is -0.000000142. The van der Waals surface area contributed by atoms with E-state index in [1.54, 1.807) is 14.2 Å². The van der Waals surface area contributed by atoms with Crippen molar-refractivity contribution in [2.24, 2.45) is 0 Å². The summed E-state index contributed by atoms with van der Waals surface area (Å²) in [5.41, 5.74) is 0. The molecule has 13 heavy (non-hydrogen) atoms. The van der Waals surface area contributed by atoms with Crippen molar-refractivity contribution in [1.82, 2.24) is 4.90 Å². The second-order valence-corrected chi connectivity index (χ2v) is 2.37. The highest BCUT2D eigenvalue weighted by molar-refractivity contribution is 4.36. The molecule has 0 aliphatic carbocycles. The van der Waals surface area contributed by atoms with E-state index in [2.05, 4.69) is 9.64 Å². The molecular formula is C10H27NO2. The van der Waals surface area contributed by atoms with E-state index in [1.807, 2.05) is 34.9 Å². The van der Waals surface area contributed by atoms with E-state index in [0.717, 1.165) is 19.8 Å². The van der Waals surface area contributed by atoms with Crippen molar-refractivity contribution in [2.75, 3.05) is 48.1 Å². The number of rotatable bonds is 4. The molecule has 3 heteroatoms. The molecule has 3 nitrogen and oxygen atoms in total. The van der Waals surface area contributed by atoms with Crippen LogP contribution in [0.25, 0.3) is 0 Å².